The van der Waals surface area contributed by atoms with E-state index in [1.54, 1.807) is 31.5 Å². The fraction of sp³-hybridized carbons (Fsp3) is 0.125. The van der Waals surface area contributed by atoms with Crippen molar-refractivity contribution < 1.29 is 14.1 Å². The summed E-state index contributed by atoms with van der Waals surface area (Å²) in [5.74, 6) is 0.0357. The van der Waals surface area contributed by atoms with Crippen LogP contribution in [0.2, 0.25) is 0 Å². The van der Waals surface area contributed by atoms with Gasteiger partial charge in [-0.2, -0.15) is 0 Å². The van der Waals surface area contributed by atoms with Crippen LogP contribution in [0.5, 0.6) is 0 Å². The summed E-state index contributed by atoms with van der Waals surface area (Å²) >= 11 is 1.11. The number of non-ortho nitro benzene ring substituents is 1. The molecule has 26 heavy (non-hydrogen) atoms. The smallest absolute Gasteiger partial charge is 0.277 e. The normalized spacial score (nSPS) is 11.7. The van der Waals surface area contributed by atoms with Gasteiger partial charge in [-0.3, -0.25) is 19.9 Å². The van der Waals surface area contributed by atoms with Gasteiger partial charge in [0, 0.05) is 30.2 Å². The number of amides is 1. The molecule has 0 spiro atoms. The molecular weight excluding hydrogens is 358 g/mol. The van der Waals surface area contributed by atoms with Gasteiger partial charge in [0.15, 0.2) is 0 Å². The second kappa shape index (κ2) is 7.74. The van der Waals surface area contributed by atoms with E-state index in [-0.39, 0.29) is 16.8 Å². The third kappa shape index (κ3) is 4.22. The number of aromatic nitrogens is 3. The maximum Gasteiger partial charge on any atom is 0.277 e. The molecule has 1 N–H and O–H groups in total. The van der Waals surface area contributed by atoms with Gasteiger partial charge in [-0.25, -0.2) is 0 Å². The SMILES string of the molecule is C[C@@H](Sc1nnc(-c2cccnc2)o1)C(=O)Nc1ccc([N+](=O)[O-])cc1. The highest BCUT2D eigenvalue weighted by molar-refractivity contribution is 8.00. The van der Waals surface area contributed by atoms with Crippen molar-refractivity contribution in [2.75, 3.05) is 5.32 Å². The molecule has 10 heteroatoms. The van der Waals surface area contributed by atoms with E-state index in [1.807, 2.05) is 0 Å². The molecule has 1 amide bonds. The standard InChI is InChI=1S/C16H13N5O4S/c1-10(14(22)18-12-4-6-13(7-5-12)21(23)24)26-16-20-19-15(25-16)11-3-2-8-17-9-11/h2-10H,1H3,(H,18,22)/t10-/m1/s1. The molecule has 132 valence electrons. The minimum atomic E-state index is -0.507. The largest absolute Gasteiger partial charge is 0.411 e. The minimum Gasteiger partial charge on any atom is -0.411 e. The van der Waals surface area contributed by atoms with Gasteiger partial charge in [0.1, 0.15) is 0 Å². The first-order valence-corrected chi connectivity index (χ1v) is 8.37. The topological polar surface area (TPSA) is 124 Å². The van der Waals surface area contributed by atoms with Gasteiger partial charge < -0.3 is 9.73 Å². The van der Waals surface area contributed by atoms with Crippen LogP contribution in [0.1, 0.15) is 6.92 Å². The maximum atomic E-state index is 12.2. The van der Waals surface area contributed by atoms with Crippen LogP contribution in [0, 0.1) is 10.1 Å². The lowest BCUT2D eigenvalue weighted by atomic mass is 10.3. The molecule has 0 fully saturated rings. The lowest BCUT2D eigenvalue weighted by molar-refractivity contribution is -0.384. The predicted molar refractivity (Wildman–Crippen MR) is 94.6 cm³/mol. The van der Waals surface area contributed by atoms with Crippen LogP contribution in [0.25, 0.3) is 11.5 Å². The number of carbonyl (C=O) groups excluding carboxylic acids is 1. The van der Waals surface area contributed by atoms with Gasteiger partial charge in [0.05, 0.1) is 15.7 Å². The molecule has 1 atom stereocenters. The Balaban J connectivity index is 1.61. The van der Waals surface area contributed by atoms with Crippen molar-refractivity contribution in [2.45, 2.75) is 17.4 Å². The number of hydrogen-bond donors (Lipinski definition) is 1. The first-order chi connectivity index (χ1) is 12.5. The fourth-order valence-electron chi connectivity index (χ4n) is 1.98. The molecule has 0 aliphatic rings. The van der Waals surface area contributed by atoms with E-state index in [0.29, 0.717) is 17.1 Å². The van der Waals surface area contributed by atoms with Crippen LogP contribution in [0.3, 0.4) is 0 Å². The predicted octanol–water partition coefficient (Wildman–Crippen LogP) is 3.16. The minimum absolute atomic E-state index is 0.0424. The Morgan fingerprint density at radius 3 is 2.69 bits per heavy atom. The van der Waals surface area contributed by atoms with Crippen LogP contribution in [-0.2, 0) is 4.79 Å². The third-order valence-corrected chi connectivity index (χ3v) is 4.24. The van der Waals surface area contributed by atoms with Gasteiger partial charge in [-0.1, -0.05) is 11.8 Å². The molecule has 0 bridgehead atoms. The molecule has 0 saturated carbocycles. The number of anilines is 1. The summed E-state index contributed by atoms with van der Waals surface area (Å²) < 4.78 is 5.53. The lowest BCUT2D eigenvalue weighted by Crippen LogP contribution is -2.22. The van der Waals surface area contributed by atoms with E-state index in [0.717, 1.165) is 11.8 Å². The summed E-state index contributed by atoms with van der Waals surface area (Å²) in [4.78, 5) is 26.4. The highest BCUT2D eigenvalue weighted by Gasteiger charge is 2.19. The Morgan fingerprint density at radius 2 is 2.04 bits per heavy atom. The van der Waals surface area contributed by atoms with Gasteiger partial charge in [-0.05, 0) is 31.2 Å². The van der Waals surface area contributed by atoms with Crippen LogP contribution >= 0.6 is 11.8 Å². The Morgan fingerprint density at radius 1 is 1.27 bits per heavy atom. The number of hydrogen-bond acceptors (Lipinski definition) is 8. The molecular formula is C16H13N5O4S. The van der Waals surface area contributed by atoms with Crippen LogP contribution in [0.15, 0.2) is 58.4 Å². The van der Waals surface area contributed by atoms with Crippen molar-refractivity contribution in [1.82, 2.24) is 15.2 Å². The second-order valence-corrected chi connectivity index (χ2v) is 6.46. The summed E-state index contributed by atoms with van der Waals surface area (Å²) in [6.07, 6.45) is 3.24. The van der Waals surface area contributed by atoms with Crippen molar-refractivity contribution in [3.05, 3.63) is 58.9 Å². The first kappa shape index (κ1) is 17.5. The highest BCUT2D eigenvalue weighted by Crippen LogP contribution is 2.26. The summed E-state index contributed by atoms with van der Waals surface area (Å²) in [6, 6.07) is 9.14. The Bertz CT molecular complexity index is 914. The molecule has 0 saturated heterocycles. The van der Waals surface area contributed by atoms with E-state index in [2.05, 4.69) is 20.5 Å². The van der Waals surface area contributed by atoms with Gasteiger partial charge in [-0.15, -0.1) is 10.2 Å². The number of carbonyl (C=O) groups is 1. The van der Waals surface area contributed by atoms with Crippen molar-refractivity contribution in [3.8, 4) is 11.5 Å². The number of nitrogens with zero attached hydrogens (tertiary/aromatic N) is 4. The van der Waals surface area contributed by atoms with Crippen LogP contribution in [-0.4, -0.2) is 31.3 Å². The van der Waals surface area contributed by atoms with E-state index in [1.165, 1.54) is 24.3 Å². The molecule has 0 unspecified atom stereocenters. The Hall–Kier alpha value is -3.27. The van der Waals surface area contributed by atoms with Crippen LogP contribution < -0.4 is 5.32 Å². The number of rotatable bonds is 6. The molecule has 3 aromatic rings. The number of nitro benzene ring substituents is 1. The molecule has 1 aromatic carbocycles. The quantitative estimate of drug-likeness (QED) is 0.398. The zero-order chi connectivity index (χ0) is 18.5. The zero-order valence-electron chi connectivity index (χ0n) is 13.5. The summed E-state index contributed by atoms with van der Waals surface area (Å²) in [5, 5.41) is 20.9. The van der Waals surface area contributed by atoms with Crippen molar-refractivity contribution in [3.63, 3.8) is 0 Å². The average Bonchev–Trinajstić information content (AvgIpc) is 3.11. The number of benzene rings is 1. The van der Waals surface area contributed by atoms with Crippen molar-refractivity contribution in [2.24, 2.45) is 0 Å². The second-order valence-electron chi connectivity index (χ2n) is 5.17. The van der Waals surface area contributed by atoms with Crippen LogP contribution in [0.4, 0.5) is 11.4 Å². The van der Waals surface area contributed by atoms with Crippen molar-refractivity contribution in [1.29, 1.82) is 0 Å². The zero-order valence-corrected chi connectivity index (χ0v) is 14.3. The van der Waals surface area contributed by atoms with Crippen molar-refractivity contribution >= 4 is 29.0 Å². The molecule has 9 nitrogen and oxygen atoms in total. The molecule has 0 radical (unpaired) electrons. The summed E-state index contributed by atoms with van der Waals surface area (Å²) in [7, 11) is 0. The van der Waals surface area contributed by atoms with E-state index >= 15 is 0 Å². The fourth-order valence-corrected chi connectivity index (χ4v) is 2.66. The Kier molecular flexibility index (Phi) is 5.23. The molecule has 2 aromatic heterocycles. The molecule has 0 aliphatic heterocycles. The van der Waals surface area contributed by atoms with E-state index < -0.39 is 10.2 Å². The highest BCUT2D eigenvalue weighted by atomic mass is 32.2. The third-order valence-electron chi connectivity index (χ3n) is 3.31. The molecule has 3 rings (SSSR count). The average molecular weight is 371 g/mol. The van der Waals surface area contributed by atoms with E-state index in [4.69, 9.17) is 4.42 Å². The van der Waals surface area contributed by atoms with Gasteiger partial charge >= 0.3 is 0 Å². The summed E-state index contributed by atoms with van der Waals surface area (Å²) in [6.45, 7) is 1.69. The monoisotopic (exact) mass is 371 g/mol. The first-order valence-electron chi connectivity index (χ1n) is 7.49. The van der Waals surface area contributed by atoms with E-state index in [9.17, 15) is 14.9 Å². The molecule has 0 aliphatic carbocycles. The summed E-state index contributed by atoms with van der Waals surface area (Å²) in [5.41, 5.74) is 1.11. The van der Waals surface area contributed by atoms with Gasteiger partial charge in [0.2, 0.25) is 11.8 Å². The lowest BCUT2D eigenvalue weighted by Gasteiger charge is -2.09. The molecule has 2 heterocycles. The van der Waals surface area contributed by atoms with Gasteiger partial charge in [0.25, 0.3) is 10.9 Å². The maximum absolute atomic E-state index is 12.2. The number of pyridine rings is 1. The Labute approximate surface area is 152 Å². The number of thioether (sulfide) groups is 1. The number of nitro groups is 1. The number of nitrogens with one attached hydrogen (secondary N) is 1.